The summed E-state index contributed by atoms with van der Waals surface area (Å²) in [5.74, 6) is -1.03. The summed E-state index contributed by atoms with van der Waals surface area (Å²) in [6.07, 6.45) is 1.74. The first kappa shape index (κ1) is 12.4. The van der Waals surface area contributed by atoms with Gasteiger partial charge in [0.1, 0.15) is 0 Å². The third kappa shape index (κ3) is 1.79. The number of aromatic carboxylic acids is 1. The van der Waals surface area contributed by atoms with Crippen LogP contribution in [-0.2, 0) is 0 Å². The van der Waals surface area contributed by atoms with Crippen molar-refractivity contribution in [2.75, 3.05) is 0 Å². The Balaban J connectivity index is 2.92. The fourth-order valence-electron chi connectivity index (χ4n) is 2.17. The number of nitrogens with zero attached hydrogens (tertiary/aromatic N) is 1. The van der Waals surface area contributed by atoms with Crippen molar-refractivity contribution in [3.05, 3.63) is 35.5 Å². The monoisotopic (exact) mass is 245 g/mol. The third-order valence-corrected chi connectivity index (χ3v) is 3.02. The van der Waals surface area contributed by atoms with Gasteiger partial charge in [-0.2, -0.15) is 0 Å². The second kappa shape index (κ2) is 4.29. The summed E-state index contributed by atoms with van der Waals surface area (Å²) in [4.78, 5) is 22.9. The van der Waals surface area contributed by atoms with E-state index in [2.05, 4.69) is 0 Å². The molecule has 1 heterocycles. The van der Waals surface area contributed by atoms with Gasteiger partial charge in [0.2, 0.25) is 0 Å². The van der Waals surface area contributed by atoms with Gasteiger partial charge < -0.3 is 9.67 Å². The fourth-order valence-corrected chi connectivity index (χ4v) is 2.17. The zero-order valence-corrected chi connectivity index (χ0v) is 10.6. The van der Waals surface area contributed by atoms with Gasteiger partial charge in [0.15, 0.2) is 5.78 Å². The molecule has 1 aromatic heterocycles. The van der Waals surface area contributed by atoms with Crippen molar-refractivity contribution in [3.63, 3.8) is 0 Å². The van der Waals surface area contributed by atoms with E-state index in [1.165, 1.54) is 6.92 Å². The highest BCUT2D eigenvalue weighted by atomic mass is 16.4. The van der Waals surface area contributed by atoms with Crippen LogP contribution in [0.3, 0.4) is 0 Å². The van der Waals surface area contributed by atoms with Crippen LogP contribution < -0.4 is 0 Å². The van der Waals surface area contributed by atoms with Crippen LogP contribution in [0, 0.1) is 0 Å². The molecule has 0 aliphatic rings. The van der Waals surface area contributed by atoms with Crippen LogP contribution in [0.1, 0.15) is 47.5 Å². The van der Waals surface area contributed by atoms with Crippen molar-refractivity contribution < 1.29 is 14.7 Å². The van der Waals surface area contributed by atoms with E-state index in [-0.39, 0.29) is 17.4 Å². The molecule has 0 spiro atoms. The topological polar surface area (TPSA) is 59.3 Å². The summed E-state index contributed by atoms with van der Waals surface area (Å²) in [6.45, 7) is 5.41. The Hall–Kier alpha value is -2.10. The zero-order chi connectivity index (χ0) is 13.4. The van der Waals surface area contributed by atoms with Gasteiger partial charge in [-0.3, -0.25) is 4.79 Å². The molecule has 4 heteroatoms. The molecule has 2 rings (SSSR count). The first-order valence-corrected chi connectivity index (χ1v) is 5.81. The van der Waals surface area contributed by atoms with E-state index in [0.29, 0.717) is 16.5 Å². The Morgan fingerprint density at radius 2 is 1.89 bits per heavy atom. The number of Topliss-reactive ketones (excluding diaryl/α,β-unsaturated/α-hetero) is 1. The van der Waals surface area contributed by atoms with E-state index in [1.807, 2.05) is 18.4 Å². The molecule has 0 atom stereocenters. The quantitative estimate of drug-likeness (QED) is 0.845. The van der Waals surface area contributed by atoms with E-state index < -0.39 is 5.97 Å². The number of rotatable bonds is 3. The normalized spacial score (nSPS) is 11.1. The lowest BCUT2D eigenvalue weighted by Gasteiger charge is -2.10. The number of benzene rings is 1. The molecule has 0 unspecified atom stereocenters. The number of fused-ring (bicyclic) bond motifs is 1. The minimum Gasteiger partial charge on any atom is -0.478 e. The number of ketones is 1. The predicted molar refractivity (Wildman–Crippen MR) is 69.3 cm³/mol. The molecule has 1 aromatic carbocycles. The lowest BCUT2D eigenvalue weighted by atomic mass is 10.1. The summed E-state index contributed by atoms with van der Waals surface area (Å²) in [7, 11) is 0. The van der Waals surface area contributed by atoms with Crippen LogP contribution in [0.15, 0.2) is 24.4 Å². The average Bonchev–Trinajstić information content (AvgIpc) is 2.67. The zero-order valence-electron chi connectivity index (χ0n) is 10.6. The van der Waals surface area contributed by atoms with Crippen molar-refractivity contribution >= 4 is 22.7 Å². The largest absolute Gasteiger partial charge is 0.478 e. The van der Waals surface area contributed by atoms with E-state index in [1.54, 1.807) is 24.4 Å². The van der Waals surface area contributed by atoms with E-state index >= 15 is 0 Å². The minimum atomic E-state index is -0.976. The van der Waals surface area contributed by atoms with Gasteiger partial charge in [-0.05, 0) is 26.8 Å². The molecule has 0 amide bonds. The molecule has 0 aliphatic carbocycles. The summed E-state index contributed by atoms with van der Waals surface area (Å²) in [5, 5.41) is 9.94. The summed E-state index contributed by atoms with van der Waals surface area (Å²) < 4.78 is 1.84. The molecule has 1 N–H and O–H groups in total. The fraction of sp³-hybridized carbons (Fsp3) is 0.286. The van der Waals surface area contributed by atoms with E-state index in [4.69, 9.17) is 0 Å². The number of para-hydroxylation sites is 1. The Kier molecular flexibility index (Phi) is 2.95. The molecule has 18 heavy (non-hydrogen) atoms. The standard InChI is InChI=1S/C14H15NO3/c1-8(2)15-7-12(9(3)16)10-5-4-6-11(13(10)15)14(17)18/h4-8H,1-3H3,(H,17,18). The summed E-state index contributed by atoms with van der Waals surface area (Å²) in [5.41, 5.74) is 1.42. The summed E-state index contributed by atoms with van der Waals surface area (Å²) in [6, 6.07) is 5.12. The smallest absolute Gasteiger partial charge is 0.337 e. The Bertz CT molecular complexity index is 638. The molecular weight excluding hydrogens is 230 g/mol. The number of carbonyl (C=O) groups excluding carboxylic acids is 1. The second-order valence-electron chi connectivity index (χ2n) is 4.61. The Morgan fingerprint density at radius 1 is 1.22 bits per heavy atom. The first-order valence-electron chi connectivity index (χ1n) is 5.81. The maximum Gasteiger partial charge on any atom is 0.337 e. The number of carbonyl (C=O) groups is 2. The number of hydrogen-bond acceptors (Lipinski definition) is 2. The molecule has 0 saturated carbocycles. The van der Waals surface area contributed by atoms with Crippen molar-refractivity contribution in [2.45, 2.75) is 26.8 Å². The predicted octanol–water partition coefficient (Wildman–Crippen LogP) is 3.12. The van der Waals surface area contributed by atoms with Crippen LogP contribution >= 0.6 is 0 Å². The highest BCUT2D eigenvalue weighted by Gasteiger charge is 2.18. The van der Waals surface area contributed by atoms with E-state index in [9.17, 15) is 14.7 Å². The number of hydrogen-bond donors (Lipinski definition) is 1. The maximum atomic E-state index is 11.6. The number of carboxylic acid groups (broad SMARTS) is 1. The van der Waals surface area contributed by atoms with Crippen LogP contribution in [0.25, 0.3) is 10.9 Å². The average molecular weight is 245 g/mol. The summed E-state index contributed by atoms with van der Waals surface area (Å²) >= 11 is 0. The van der Waals surface area contributed by atoms with Gasteiger partial charge in [-0.1, -0.05) is 12.1 Å². The molecule has 2 aromatic rings. The Labute approximate surface area is 105 Å². The van der Waals surface area contributed by atoms with Gasteiger partial charge in [0.05, 0.1) is 11.1 Å². The third-order valence-electron chi connectivity index (χ3n) is 3.02. The molecule has 0 bridgehead atoms. The molecule has 0 saturated heterocycles. The van der Waals surface area contributed by atoms with Crippen molar-refractivity contribution in [3.8, 4) is 0 Å². The van der Waals surface area contributed by atoms with Gasteiger partial charge in [-0.15, -0.1) is 0 Å². The lowest BCUT2D eigenvalue weighted by molar-refractivity contribution is 0.0698. The van der Waals surface area contributed by atoms with Crippen molar-refractivity contribution in [2.24, 2.45) is 0 Å². The number of carboxylic acids is 1. The molecule has 0 aliphatic heterocycles. The van der Waals surface area contributed by atoms with Crippen molar-refractivity contribution in [1.82, 2.24) is 4.57 Å². The highest BCUT2D eigenvalue weighted by Crippen LogP contribution is 2.28. The van der Waals surface area contributed by atoms with Gasteiger partial charge in [-0.25, -0.2) is 4.79 Å². The molecule has 4 nitrogen and oxygen atoms in total. The maximum absolute atomic E-state index is 11.6. The van der Waals surface area contributed by atoms with Crippen molar-refractivity contribution in [1.29, 1.82) is 0 Å². The molecule has 0 radical (unpaired) electrons. The molecule has 94 valence electrons. The SMILES string of the molecule is CC(=O)c1cn(C(C)C)c2c(C(=O)O)cccc12. The van der Waals surface area contributed by atoms with Crippen LogP contribution in [0.4, 0.5) is 0 Å². The van der Waals surface area contributed by atoms with Crippen LogP contribution in [0.5, 0.6) is 0 Å². The highest BCUT2D eigenvalue weighted by molar-refractivity contribution is 6.11. The van der Waals surface area contributed by atoms with Crippen LogP contribution in [-0.4, -0.2) is 21.4 Å². The van der Waals surface area contributed by atoms with Gasteiger partial charge >= 0.3 is 5.97 Å². The Morgan fingerprint density at radius 3 is 2.39 bits per heavy atom. The number of aromatic nitrogens is 1. The van der Waals surface area contributed by atoms with Gasteiger partial charge in [0, 0.05) is 23.2 Å². The van der Waals surface area contributed by atoms with E-state index in [0.717, 1.165) is 0 Å². The molecular formula is C14H15NO3. The van der Waals surface area contributed by atoms with Crippen LogP contribution in [0.2, 0.25) is 0 Å². The minimum absolute atomic E-state index is 0.0538. The molecule has 0 fully saturated rings. The second-order valence-corrected chi connectivity index (χ2v) is 4.61. The first-order chi connectivity index (χ1) is 8.43. The lowest BCUT2D eigenvalue weighted by Crippen LogP contribution is -2.04. The van der Waals surface area contributed by atoms with Gasteiger partial charge in [0.25, 0.3) is 0 Å².